The molecule has 270 valence electrons. The number of aryl methyl sites for hydroxylation is 1. The first-order valence-corrected chi connectivity index (χ1v) is 19.4. The van der Waals surface area contributed by atoms with Gasteiger partial charge in [0.2, 0.25) is 0 Å². The minimum Gasteiger partial charge on any atom is -0.490 e. The van der Waals surface area contributed by atoms with Crippen molar-refractivity contribution in [1.29, 1.82) is 0 Å². The van der Waals surface area contributed by atoms with Gasteiger partial charge in [-0.05, 0) is 99.2 Å². The molecule has 2 fully saturated rings. The Bertz CT molecular complexity index is 1800. The lowest BCUT2D eigenvalue weighted by atomic mass is 9.68. The average Bonchev–Trinajstić information content (AvgIpc) is 3.20. The number of rotatable bonds is 3. The van der Waals surface area contributed by atoms with E-state index in [9.17, 15) is 13.8 Å². The summed E-state index contributed by atoms with van der Waals surface area (Å²) in [6.45, 7) is 5.88. The molecule has 2 aliphatic carbocycles. The van der Waals surface area contributed by atoms with Gasteiger partial charge in [-0.2, -0.15) is 0 Å². The molecule has 7 rings (SSSR count). The van der Waals surface area contributed by atoms with Crippen molar-refractivity contribution < 1.29 is 32.7 Å². The maximum atomic E-state index is 15.0. The molecular formula is C37H47ClN4O7S. The molecule has 5 atom stereocenters. The van der Waals surface area contributed by atoms with Crippen LogP contribution in [0.4, 0.5) is 10.5 Å². The molecule has 0 radical (unpaired) electrons. The highest BCUT2D eigenvalue weighted by Gasteiger charge is 2.45. The van der Waals surface area contributed by atoms with E-state index in [4.69, 9.17) is 30.5 Å². The summed E-state index contributed by atoms with van der Waals surface area (Å²) in [5.41, 5.74) is 1.53. The molecule has 5 aliphatic rings. The van der Waals surface area contributed by atoms with Crippen LogP contribution < -0.4 is 14.4 Å². The summed E-state index contributed by atoms with van der Waals surface area (Å²) in [6, 6.07) is 10.8. The van der Waals surface area contributed by atoms with Gasteiger partial charge in [-0.1, -0.05) is 29.8 Å². The van der Waals surface area contributed by atoms with E-state index in [1.165, 1.54) is 16.0 Å². The number of nitrogens with one attached hydrogen (secondary N) is 1. The molecular weight excluding hydrogens is 680 g/mol. The molecule has 11 nitrogen and oxygen atoms in total. The molecule has 2 aromatic rings. The number of hydrogen-bond donors (Lipinski definition) is 1. The molecule has 13 heteroatoms. The van der Waals surface area contributed by atoms with Gasteiger partial charge in [0.05, 0.1) is 49.1 Å². The molecule has 1 saturated heterocycles. The number of anilines is 1. The summed E-state index contributed by atoms with van der Waals surface area (Å²) in [5.74, 6) is 0.517. The molecule has 2 bridgehead atoms. The third-order valence-corrected chi connectivity index (χ3v) is 13.2. The third-order valence-electron chi connectivity index (χ3n) is 11.2. The van der Waals surface area contributed by atoms with Crippen molar-refractivity contribution in [3.63, 3.8) is 0 Å². The lowest BCUT2D eigenvalue weighted by Crippen LogP contribution is -2.58. The molecule has 1 spiro atoms. The van der Waals surface area contributed by atoms with Crippen molar-refractivity contribution in [3.05, 3.63) is 64.7 Å². The number of hydrogen-bond acceptors (Lipinski definition) is 8. The molecule has 2 aromatic carbocycles. The number of nitrogens with zero attached hydrogens (tertiary/aromatic N) is 3. The fourth-order valence-electron chi connectivity index (χ4n) is 8.00. The predicted octanol–water partition coefficient (Wildman–Crippen LogP) is 5.53. The fraction of sp³-hybridized carbons (Fsp3) is 0.568. The number of benzene rings is 2. The first-order chi connectivity index (χ1) is 23.9. The second-order valence-electron chi connectivity index (χ2n) is 14.8. The number of carbonyl (C=O) groups is 2. The summed E-state index contributed by atoms with van der Waals surface area (Å²) in [4.78, 5) is 31.3. The largest absolute Gasteiger partial charge is 0.490 e. The maximum Gasteiger partial charge on any atom is 0.330 e. The van der Waals surface area contributed by atoms with Gasteiger partial charge in [0.25, 0.3) is 5.91 Å². The van der Waals surface area contributed by atoms with Gasteiger partial charge < -0.3 is 28.7 Å². The van der Waals surface area contributed by atoms with Crippen LogP contribution in [0.5, 0.6) is 5.75 Å². The third kappa shape index (κ3) is 6.65. The van der Waals surface area contributed by atoms with Crippen LogP contribution >= 0.6 is 11.6 Å². The van der Waals surface area contributed by atoms with Crippen molar-refractivity contribution in [2.75, 3.05) is 58.5 Å². The Morgan fingerprint density at radius 1 is 1.10 bits per heavy atom. The number of amides is 3. The number of methoxy groups -OCH3 is 2. The number of carbonyl (C=O) groups excluding carboxylic acids is 2. The topological polar surface area (TPSA) is 119 Å². The number of likely N-dealkylation sites (tertiary alicyclic amines) is 1. The van der Waals surface area contributed by atoms with Gasteiger partial charge in [0, 0.05) is 37.7 Å². The maximum absolute atomic E-state index is 15.0. The summed E-state index contributed by atoms with van der Waals surface area (Å²) >= 11 is 6.46. The second-order valence-corrected chi connectivity index (χ2v) is 17.1. The van der Waals surface area contributed by atoms with Crippen LogP contribution in [0, 0.1) is 11.8 Å². The molecule has 3 heterocycles. The van der Waals surface area contributed by atoms with Gasteiger partial charge in [-0.15, -0.1) is 4.36 Å². The van der Waals surface area contributed by atoms with Gasteiger partial charge in [-0.3, -0.25) is 4.79 Å². The molecule has 0 unspecified atom stereocenters. The monoisotopic (exact) mass is 726 g/mol. The van der Waals surface area contributed by atoms with E-state index in [0.29, 0.717) is 37.9 Å². The van der Waals surface area contributed by atoms with E-state index in [0.717, 1.165) is 49.4 Å². The molecule has 1 N–H and O–H groups in total. The minimum absolute atomic E-state index is 0.103. The lowest BCUT2D eigenvalue weighted by molar-refractivity contribution is -0.137. The SMILES string of the molecule is COC1CN(C(=O)N[S@@]2(=O)=NC(=O)C(C)(C)OC/C=C/[C@H](OC)[C@@H]3CC[C@H]3CN3C[C@@]4(CCCc5cc(Cl)ccc54)COc4ccc2cc43)C1. The quantitative estimate of drug-likeness (QED) is 0.411. The number of urea groups is 1. The zero-order chi connectivity index (χ0) is 35.3. The van der Waals surface area contributed by atoms with E-state index < -0.39 is 27.5 Å². The van der Waals surface area contributed by atoms with Crippen molar-refractivity contribution in [1.82, 2.24) is 9.62 Å². The Labute approximate surface area is 299 Å². The highest BCUT2D eigenvalue weighted by Crippen LogP contribution is 2.47. The van der Waals surface area contributed by atoms with Crippen LogP contribution in [-0.4, -0.2) is 92.5 Å². The van der Waals surface area contributed by atoms with Crippen LogP contribution in [0.15, 0.2) is 57.8 Å². The molecule has 50 heavy (non-hydrogen) atoms. The Hall–Kier alpha value is -3.16. The van der Waals surface area contributed by atoms with Crippen LogP contribution in [0.25, 0.3) is 0 Å². The highest BCUT2D eigenvalue weighted by atomic mass is 35.5. The number of halogens is 1. The van der Waals surface area contributed by atoms with Gasteiger partial charge in [-0.25, -0.2) is 13.7 Å². The van der Waals surface area contributed by atoms with Gasteiger partial charge in [0.15, 0.2) is 9.92 Å². The fourth-order valence-corrected chi connectivity index (χ4v) is 9.81. The van der Waals surface area contributed by atoms with E-state index >= 15 is 0 Å². The van der Waals surface area contributed by atoms with E-state index in [2.05, 4.69) is 26.1 Å². The van der Waals surface area contributed by atoms with Crippen LogP contribution in [0.3, 0.4) is 0 Å². The Morgan fingerprint density at radius 3 is 2.66 bits per heavy atom. The summed E-state index contributed by atoms with van der Waals surface area (Å²) in [5, 5.41) is 0.726. The minimum atomic E-state index is -3.83. The van der Waals surface area contributed by atoms with E-state index in [1.54, 1.807) is 46.3 Å². The number of ether oxygens (including phenoxy) is 4. The molecule has 3 amide bonds. The summed E-state index contributed by atoms with van der Waals surface area (Å²) < 4.78 is 45.8. The van der Waals surface area contributed by atoms with Crippen LogP contribution in [0.1, 0.15) is 50.7 Å². The zero-order valence-electron chi connectivity index (χ0n) is 29.2. The summed E-state index contributed by atoms with van der Waals surface area (Å²) in [6.07, 6.45) is 8.67. The second kappa shape index (κ2) is 13.8. The summed E-state index contributed by atoms with van der Waals surface area (Å²) in [7, 11) is -0.507. The molecule has 3 aliphatic heterocycles. The van der Waals surface area contributed by atoms with E-state index in [-0.39, 0.29) is 35.0 Å². The van der Waals surface area contributed by atoms with Crippen LogP contribution in [0.2, 0.25) is 5.02 Å². The van der Waals surface area contributed by atoms with Crippen molar-refractivity contribution in [2.24, 2.45) is 16.2 Å². The van der Waals surface area contributed by atoms with Crippen molar-refractivity contribution in [3.8, 4) is 5.75 Å². The lowest BCUT2D eigenvalue weighted by Gasteiger charge is -2.46. The van der Waals surface area contributed by atoms with Gasteiger partial charge in [0.1, 0.15) is 11.4 Å². The number of fused-ring (bicyclic) bond motifs is 4. The van der Waals surface area contributed by atoms with Crippen LogP contribution in [-0.2, 0) is 40.8 Å². The Morgan fingerprint density at radius 2 is 1.92 bits per heavy atom. The smallest absolute Gasteiger partial charge is 0.330 e. The molecule has 0 aromatic heterocycles. The first-order valence-electron chi connectivity index (χ1n) is 17.5. The van der Waals surface area contributed by atoms with Crippen molar-refractivity contribution in [2.45, 2.75) is 74.1 Å². The van der Waals surface area contributed by atoms with Crippen molar-refractivity contribution >= 4 is 39.1 Å². The van der Waals surface area contributed by atoms with E-state index in [1.807, 2.05) is 18.2 Å². The standard InChI is InChI=1S/C37H47ClN4O7S/c1-36(2)34(43)39-50(45,40-35(44)41-20-27(21-41)46-3)28-11-14-33-31(18-28)42(19-25-9-12-29(25)32(47-4)8-6-16-49-36)22-37(23-48-33)15-5-7-24-17-26(38)10-13-30(24)37/h6,8,10-11,13-14,17-18,25,27,29,32H,5,7,9,12,15-16,19-23H2,1-4H3,(H,39,40,43,44,45)/b8-6+/t25-,29+,32-,37-,50-/m0/s1. The Kier molecular flexibility index (Phi) is 9.70. The molecule has 1 saturated carbocycles. The average molecular weight is 727 g/mol. The first kappa shape index (κ1) is 35.3. The Balaban J connectivity index is 1.34. The predicted molar refractivity (Wildman–Crippen MR) is 191 cm³/mol. The zero-order valence-corrected chi connectivity index (χ0v) is 30.8. The highest BCUT2D eigenvalue weighted by molar-refractivity contribution is 7.92. The normalized spacial score (nSPS) is 31.5. The van der Waals surface area contributed by atoms with Gasteiger partial charge >= 0.3 is 6.03 Å².